The van der Waals surface area contributed by atoms with Crippen LogP contribution in [0.2, 0.25) is 0 Å². The van der Waals surface area contributed by atoms with Crippen molar-refractivity contribution in [2.45, 2.75) is 103 Å². The molecule has 0 N–H and O–H groups in total. The smallest absolute Gasteiger partial charge is 0.222 e. The van der Waals surface area contributed by atoms with Crippen LogP contribution in [0.1, 0.15) is 103 Å². The zero-order chi connectivity index (χ0) is 19.6. The van der Waals surface area contributed by atoms with Gasteiger partial charge in [0.15, 0.2) is 0 Å². The number of nitrogens with zero attached hydrogens (tertiary/aromatic N) is 1. The predicted octanol–water partition coefficient (Wildman–Crippen LogP) is 7.28. The molecule has 0 aromatic carbocycles. The van der Waals surface area contributed by atoms with E-state index in [4.69, 9.17) is 4.42 Å². The molecule has 0 atom stereocenters. The van der Waals surface area contributed by atoms with Crippen LogP contribution in [-0.2, 0) is 11.3 Å². The summed E-state index contributed by atoms with van der Waals surface area (Å²) in [6, 6.07) is 3.77. The second-order valence-corrected chi connectivity index (χ2v) is 7.66. The molecule has 0 aliphatic heterocycles. The average molecular weight is 376 g/mol. The van der Waals surface area contributed by atoms with E-state index in [-0.39, 0.29) is 5.91 Å². The van der Waals surface area contributed by atoms with Gasteiger partial charge in [0.05, 0.1) is 12.8 Å². The van der Waals surface area contributed by atoms with Crippen molar-refractivity contribution in [1.82, 2.24) is 4.90 Å². The Morgan fingerprint density at radius 3 is 2.11 bits per heavy atom. The lowest BCUT2D eigenvalue weighted by Gasteiger charge is -2.15. The lowest BCUT2D eigenvalue weighted by atomic mass is 10.1. The highest BCUT2D eigenvalue weighted by atomic mass is 16.3. The Hall–Kier alpha value is -1.51. The van der Waals surface area contributed by atoms with Crippen LogP contribution in [0.3, 0.4) is 0 Å². The summed E-state index contributed by atoms with van der Waals surface area (Å²) in [6.45, 7) is 2.84. The molecule has 27 heavy (non-hydrogen) atoms. The van der Waals surface area contributed by atoms with E-state index >= 15 is 0 Å². The highest BCUT2D eigenvalue weighted by Gasteiger charge is 2.09. The van der Waals surface area contributed by atoms with Gasteiger partial charge in [-0.15, -0.1) is 0 Å². The van der Waals surface area contributed by atoms with Crippen molar-refractivity contribution in [3.63, 3.8) is 0 Å². The third kappa shape index (κ3) is 13.3. The van der Waals surface area contributed by atoms with E-state index < -0.39 is 0 Å². The SMILES string of the molecule is CCCCCCCC/C=C\CCCCCCCC(=O)N(C)Cc1ccco1. The monoisotopic (exact) mass is 375 g/mol. The summed E-state index contributed by atoms with van der Waals surface area (Å²) in [6.07, 6.45) is 23.7. The van der Waals surface area contributed by atoms with Gasteiger partial charge in [-0.2, -0.15) is 0 Å². The lowest BCUT2D eigenvalue weighted by molar-refractivity contribution is -0.130. The summed E-state index contributed by atoms with van der Waals surface area (Å²) in [4.78, 5) is 13.8. The standard InChI is InChI=1S/C24H41NO2/c1-3-4-5-6-7-8-9-10-11-12-13-14-15-16-17-20-24(26)25(2)22-23-19-18-21-27-23/h10-11,18-19,21H,3-9,12-17,20,22H2,1-2H3/b11-10-. The average Bonchev–Trinajstić information content (AvgIpc) is 3.17. The van der Waals surface area contributed by atoms with Gasteiger partial charge in [0.25, 0.3) is 0 Å². The van der Waals surface area contributed by atoms with Crippen molar-refractivity contribution in [2.24, 2.45) is 0 Å². The molecular formula is C24H41NO2. The zero-order valence-corrected chi connectivity index (χ0v) is 17.8. The van der Waals surface area contributed by atoms with E-state index in [2.05, 4.69) is 19.1 Å². The van der Waals surface area contributed by atoms with Gasteiger partial charge >= 0.3 is 0 Å². The van der Waals surface area contributed by atoms with Crippen molar-refractivity contribution in [2.75, 3.05) is 7.05 Å². The minimum absolute atomic E-state index is 0.212. The van der Waals surface area contributed by atoms with E-state index in [1.54, 1.807) is 11.2 Å². The Balaban J connectivity index is 1.85. The molecule has 1 rings (SSSR count). The fourth-order valence-electron chi connectivity index (χ4n) is 3.26. The number of rotatable bonds is 17. The molecule has 1 aromatic rings. The number of carbonyl (C=O) groups is 1. The largest absolute Gasteiger partial charge is 0.467 e. The minimum Gasteiger partial charge on any atom is -0.467 e. The van der Waals surface area contributed by atoms with Gasteiger partial charge in [-0.25, -0.2) is 0 Å². The van der Waals surface area contributed by atoms with E-state index in [1.807, 2.05) is 19.2 Å². The summed E-state index contributed by atoms with van der Waals surface area (Å²) in [7, 11) is 1.85. The van der Waals surface area contributed by atoms with E-state index in [0.717, 1.165) is 18.6 Å². The van der Waals surface area contributed by atoms with Crippen LogP contribution < -0.4 is 0 Å². The second kappa shape index (κ2) is 16.6. The molecule has 3 nitrogen and oxygen atoms in total. The Labute approximate surface area is 167 Å². The molecule has 3 heteroatoms. The number of allylic oxidation sites excluding steroid dienone is 2. The molecule has 0 saturated carbocycles. The van der Waals surface area contributed by atoms with E-state index in [9.17, 15) is 4.79 Å². The normalized spacial score (nSPS) is 11.3. The Kier molecular flexibility index (Phi) is 14.5. The van der Waals surface area contributed by atoms with Crippen molar-refractivity contribution < 1.29 is 9.21 Å². The maximum atomic E-state index is 12.1. The van der Waals surface area contributed by atoms with Gasteiger partial charge in [-0.05, 0) is 44.2 Å². The molecule has 0 aliphatic rings. The fourth-order valence-corrected chi connectivity index (χ4v) is 3.26. The second-order valence-electron chi connectivity index (χ2n) is 7.66. The number of unbranched alkanes of at least 4 members (excludes halogenated alkanes) is 11. The van der Waals surface area contributed by atoms with Gasteiger partial charge in [0, 0.05) is 13.5 Å². The summed E-state index contributed by atoms with van der Waals surface area (Å²) in [5, 5.41) is 0. The van der Waals surface area contributed by atoms with Crippen LogP contribution in [0.4, 0.5) is 0 Å². The molecule has 0 radical (unpaired) electrons. The Bertz CT molecular complexity index is 479. The van der Waals surface area contributed by atoms with Gasteiger partial charge in [0.1, 0.15) is 5.76 Å². The molecule has 0 bridgehead atoms. The van der Waals surface area contributed by atoms with E-state index in [1.165, 1.54) is 70.6 Å². The van der Waals surface area contributed by atoms with Gasteiger partial charge in [-0.1, -0.05) is 70.4 Å². The summed E-state index contributed by atoms with van der Waals surface area (Å²) in [5.41, 5.74) is 0. The van der Waals surface area contributed by atoms with Crippen molar-refractivity contribution >= 4 is 5.91 Å². The third-order valence-corrected chi connectivity index (χ3v) is 5.05. The Morgan fingerprint density at radius 1 is 0.926 bits per heavy atom. The number of furan rings is 1. The van der Waals surface area contributed by atoms with Crippen LogP contribution in [0.15, 0.2) is 35.0 Å². The maximum Gasteiger partial charge on any atom is 0.222 e. The predicted molar refractivity (Wildman–Crippen MR) is 115 cm³/mol. The van der Waals surface area contributed by atoms with Crippen LogP contribution in [0.5, 0.6) is 0 Å². The van der Waals surface area contributed by atoms with Crippen LogP contribution in [0, 0.1) is 0 Å². The molecule has 0 saturated heterocycles. The molecule has 1 amide bonds. The molecular weight excluding hydrogens is 334 g/mol. The molecule has 1 heterocycles. The quantitative estimate of drug-likeness (QED) is 0.212. The first-order valence-corrected chi connectivity index (χ1v) is 11.2. The highest BCUT2D eigenvalue weighted by Crippen LogP contribution is 2.11. The Morgan fingerprint density at radius 2 is 1.52 bits per heavy atom. The molecule has 154 valence electrons. The van der Waals surface area contributed by atoms with Crippen molar-refractivity contribution in [3.05, 3.63) is 36.3 Å². The topological polar surface area (TPSA) is 33.5 Å². The van der Waals surface area contributed by atoms with Crippen LogP contribution in [-0.4, -0.2) is 17.9 Å². The van der Waals surface area contributed by atoms with Crippen molar-refractivity contribution in [3.8, 4) is 0 Å². The molecule has 0 unspecified atom stereocenters. The highest BCUT2D eigenvalue weighted by molar-refractivity contribution is 5.75. The van der Waals surface area contributed by atoms with E-state index in [0.29, 0.717) is 13.0 Å². The number of hydrogen-bond donors (Lipinski definition) is 0. The van der Waals surface area contributed by atoms with Crippen LogP contribution in [0.25, 0.3) is 0 Å². The van der Waals surface area contributed by atoms with Gasteiger partial charge < -0.3 is 9.32 Å². The summed E-state index contributed by atoms with van der Waals surface area (Å²) in [5.74, 6) is 1.06. The summed E-state index contributed by atoms with van der Waals surface area (Å²) >= 11 is 0. The number of hydrogen-bond acceptors (Lipinski definition) is 2. The lowest BCUT2D eigenvalue weighted by Crippen LogP contribution is -2.25. The maximum absolute atomic E-state index is 12.1. The fraction of sp³-hybridized carbons (Fsp3) is 0.708. The minimum atomic E-state index is 0.212. The zero-order valence-electron chi connectivity index (χ0n) is 17.8. The number of carbonyl (C=O) groups excluding carboxylic acids is 1. The molecule has 0 spiro atoms. The molecule has 0 aliphatic carbocycles. The van der Waals surface area contributed by atoms with Gasteiger partial charge in [-0.3, -0.25) is 4.79 Å². The first-order valence-electron chi connectivity index (χ1n) is 11.2. The first-order chi connectivity index (χ1) is 13.2. The van der Waals surface area contributed by atoms with Crippen molar-refractivity contribution in [1.29, 1.82) is 0 Å². The molecule has 0 fully saturated rings. The van der Waals surface area contributed by atoms with Gasteiger partial charge in [0.2, 0.25) is 5.91 Å². The third-order valence-electron chi connectivity index (χ3n) is 5.05. The number of amides is 1. The summed E-state index contributed by atoms with van der Waals surface area (Å²) < 4.78 is 5.29. The molecule has 1 aromatic heterocycles. The van der Waals surface area contributed by atoms with Crippen LogP contribution >= 0.6 is 0 Å². The first kappa shape index (κ1) is 23.5.